The van der Waals surface area contributed by atoms with Gasteiger partial charge in [0.25, 0.3) is 5.91 Å². The van der Waals surface area contributed by atoms with E-state index in [9.17, 15) is 9.59 Å². The predicted octanol–water partition coefficient (Wildman–Crippen LogP) is 1.71. The summed E-state index contributed by atoms with van der Waals surface area (Å²) in [6, 6.07) is 7.36. The zero-order chi connectivity index (χ0) is 16.2. The Hall–Kier alpha value is -2.57. The highest BCUT2D eigenvalue weighted by Gasteiger charge is 2.30. The Morgan fingerprint density at radius 1 is 1.17 bits per heavy atom. The third-order valence-electron chi connectivity index (χ3n) is 4.07. The molecule has 1 aromatic rings. The molecule has 0 N–H and O–H groups in total. The zero-order valence-corrected chi connectivity index (χ0v) is 12.6. The smallest absolute Gasteiger partial charge is 0.253 e. The molecule has 0 saturated carbocycles. The van der Waals surface area contributed by atoms with Crippen LogP contribution in [0.3, 0.4) is 0 Å². The van der Waals surface area contributed by atoms with Gasteiger partial charge in [-0.15, -0.1) is 0 Å². The number of hydrogen-bond donors (Lipinski definition) is 0. The molecule has 2 amide bonds. The maximum Gasteiger partial charge on any atom is 0.253 e. The second-order valence-corrected chi connectivity index (χ2v) is 5.60. The van der Waals surface area contributed by atoms with Gasteiger partial charge in [0, 0.05) is 42.3 Å². The first-order valence-corrected chi connectivity index (χ1v) is 7.48. The molecular formula is C15H17N5O3. The summed E-state index contributed by atoms with van der Waals surface area (Å²) < 4.78 is 5.12. The van der Waals surface area contributed by atoms with E-state index in [1.807, 2.05) is 24.3 Å². The van der Waals surface area contributed by atoms with Crippen molar-refractivity contribution in [3.8, 4) is 0 Å². The van der Waals surface area contributed by atoms with E-state index in [2.05, 4.69) is 10.0 Å². The molecule has 1 unspecified atom stereocenters. The number of carbonyl (C=O) groups is 2. The molecule has 1 aromatic carbocycles. The van der Waals surface area contributed by atoms with Gasteiger partial charge in [-0.2, -0.15) is 0 Å². The van der Waals surface area contributed by atoms with Gasteiger partial charge >= 0.3 is 0 Å². The van der Waals surface area contributed by atoms with Gasteiger partial charge in [-0.25, -0.2) is 0 Å². The van der Waals surface area contributed by atoms with Crippen LogP contribution in [0.4, 0.5) is 11.4 Å². The minimum absolute atomic E-state index is 0.0262. The van der Waals surface area contributed by atoms with E-state index in [0.29, 0.717) is 32.7 Å². The fourth-order valence-electron chi connectivity index (χ4n) is 2.91. The lowest BCUT2D eigenvalue weighted by Crippen LogP contribution is -2.41. The van der Waals surface area contributed by atoms with Crippen LogP contribution >= 0.6 is 0 Å². The van der Waals surface area contributed by atoms with Crippen molar-refractivity contribution in [3.05, 3.63) is 34.7 Å². The molecule has 8 nitrogen and oxygen atoms in total. The van der Waals surface area contributed by atoms with E-state index in [0.717, 1.165) is 11.4 Å². The third-order valence-corrected chi connectivity index (χ3v) is 4.07. The SMILES string of the molecule is [N-]=[N+]=NCC1CC(=O)N(c2ccc(N3CCOCC3=O)cc2)C1. The van der Waals surface area contributed by atoms with Crippen molar-refractivity contribution in [1.82, 2.24) is 0 Å². The highest BCUT2D eigenvalue weighted by molar-refractivity contribution is 5.97. The van der Waals surface area contributed by atoms with Gasteiger partial charge in [0.15, 0.2) is 0 Å². The monoisotopic (exact) mass is 315 g/mol. The average Bonchev–Trinajstić information content (AvgIpc) is 2.94. The summed E-state index contributed by atoms with van der Waals surface area (Å²) >= 11 is 0. The van der Waals surface area contributed by atoms with Crippen molar-refractivity contribution in [2.24, 2.45) is 11.0 Å². The van der Waals surface area contributed by atoms with Gasteiger partial charge in [-0.05, 0) is 35.7 Å². The minimum atomic E-state index is -0.0596. The van der Waals surface area contributed by atoms with Crippen LogP contribution in [0.1, 0.15) is 6.42 Å². The van der Waals surface area contributed by atoms with Crippen molar-refractivity contribution < 1.29 is 14.3 Å². The van der Waals surface area contributed by atoms with Crippen molar-refractivity contribution in [1.29, 1.82) is 0 Å². The number of nitrogens with zero attached hydrogens (tertiary/aromatic N) is 5. The number of benzene rings is 1. The number of morpholine rings is 1. The molecule has 2 aliphatic rings. The van der Waals surface area contributed by atoms with Gasteiger partial charge in [0.2, 0.25) is 5.91 Å². The summed E-state index contributed by atoms with van der Waals surface area (Å²) in [6.07, 6.45) is 0.392. The van der Waals surface area contributed by atoms with Gasteiger partial charge in [0.05, 0.1) is 6.61 Å². The van der Waals surface area contributed by atoms with E-state index < -0.39 is 0 Å². The van der Waals surface area contributed by atoms with E-state index in [1.54, 1.807) is 9.80 Å². The zero-order valence-electron chi connectivity index (χ0n) is 12.6. The Kier molecular flexibility index (Phi) is 4.45. The number of carbonyl (C=O) groups excluding carboxylic acids is 2. The van der Waals surface area contributed by atoms with Gasteiger partial charge in [-0.3, -0.25) is 9.59 Å². The first-order chi connectivity index (χ1) is 11.2. The lowest BCUT2D eigenvalue weighted by atomic mass is 10.1. The number of amides is 2. The van der Waals surface area contributed by atoms with Crippen LogP contribution in [0, 0.1) is 5.92 Å². The first kappa shape index (κ1) is 15.3. The van der Waals surface area contributed by atoms with Crippen molar-refractivity contribution in [3.63, 3.8) is 0 Å². The Balaban J connectivity index is 1.71. The van der Waals surface area contributed by atoms with Crippen molar-refractivity contribution >= 4 is 23.2 Å². The number of ether oxygens (including phenoxy) is 1. The van der Waals surface area contributed by atoms with E-state index in [4.69, 9.17) is 10.3 Å². The summed E-state index contributed by atoms with van der Waals surface area (Å²) in [5.74, 6) is 0.0212. The van der Waals surface area contributed by atoms with E-state index in [-0.39, 0.29) is 24.3 Å². The van der Waals surface area contributed by atoms with Crippen LogP contribution in [-0.2, 0) is 14.3 Å². The molecule has 0 spiro atoms. The van der Waals surface area contributed by atoms with Gasteiger partial charge < -0.3 is 14.5 Å². The molecule has 0 bridgehead atoms. The Morgan fingerprint density at radius 3 is 2.52 bits per heavy atom. The Morgan fingerprint density at radius 2 is 1.87 bits per heavy atom. The summed E-state index contributed by atoms with van der Waals surface area (Å²) in [7, 11) is 0. The third kappa shape index (κ3) is 3.28. The second-order valence-electron chi connectivity index (χ2n) is 5.60. The fourth-order valence-corrected chi connectivity index (χ4v) is 2.91. The molecule has 0 aromatic heterocycles. The standard InChI is InChI=1S/C15H17N5O3/c16-18-17-8-11-7-14(21)20(9-11)13-3-1-12(2-4-13)19-5-6-23-10-15(19)22/h1-4,11H,5-10H2. The molecule has 2 fully saturated rings. The minimum Gasteiger partial charge on any atom is -0.370 e. The van der Waals surface area contributed by atoms with Gasteiger partial charge in [0.1, 0.15) is 6.61 Å². The molecule has 3 rings (SSSR count). The van der Waals surface area contributed by atoms with E-state index in [1.165, 1.54) is 0 Å². The average molecular weight is 315 g/mol. The van der Waals surface area contributed by atoms with Crippen molar-refractivity contribution in [2.75, 3.05) is 42.6 Å². The van der Waals surface area contributed by atoms with Crippen LogP contribution in [-0.4, -0.2) is 44.7 Å². The lowest BCUT2D eigenvalue weighted by molar-refractivity contribution is -0.125. The maximum atomic E-state index is 12.1. The Bertz CT molecular complexity index is 654. The maximum absolute atomic E-state index is 12.1. The summed E-state index contributed by atoms with van der Waals surface area (Å²) in [6.45, 7) is 2.05. The number of anilines is 2. The Labute approximate surface area is 133 Å². The summed E-state index contributed by atoms with van der Waals surface area (Å²) in [4.78, 5) is 30.0. The predicted molar refractivity (Wildman–Crippen MR) is 84.1 cm³/mol. The molecule has 120 valence electrons. The second kappa shape index (κ2) is 6.68. The molecule has 2 heterocycles. The molecule has 0 aliphatic carbocycles. The molecule has 2 saturated heterocycles. The lowest BCUT2D eigenvalue weighted by Gasteiger charge is -2.27. The van der Waals surface area contributed by atoms with Crippen LogP contribution in [0.25, 0.3) is 10.4 Å². The van der Waals surface area contributed by atoms with Crippen molar-refractivity contribution in [2.45, 2.75) is 6.42 Å². The number of hydrogen-bond acceptors (Lipinski definition) is 4. The van der Waals surface area contributed by atoms with Crippen LogP contribution in [0.2, 0.25) is 0 Å². The van der Waals surface area contributed by atoms with Crippen LogP contribution in [0.15, 0.2) is 29.4 Å². The molecule has 0 radical (unpaired) electrons. The molecule has 1 atom stereocenters. The topological polar surface area (TPSA) is 98.6 Å². The quantitative estimate of drug-likeness (QED) is 0.480. The molecule has 2 aliphatic heterocycles. The normalized spacial score (nSPS) is 21.5. The largest absolute Gasteiger partial charge is 0.370 e. The van der Waals surface area contributed by atoms with Crippen LogP contribution < -0.4 is 9.80 Å². The van der Waals surface area contributed by atoms with Gasteiger partial charge in [-0.1, -0.05) is 5.11 Å². The molecular weight excluding hydrogens is 298 g/mol. The van der Waals surface area contributed by atoms with Crippen LogP contribution in [0.5, 0.6) is 0 Å². The molecule has 8 heteroatoms. The summed E-state index contributed by atoms with van der Waals surface area (Å²) in [5.41, 5.74) is 9.97. The highest BCUT2D eigenvalue weighted by atomic mass is 16.5. The molecule has 23 heavy (non-hydrogen) atoms. The highest BCUT2D eigenvalue weighted by Crippen LogP contribution is 2.27. The summed E-state index contributed by atoms with van der Waals surface area (Å²) in [5, 5.41) is 3.55. The number of azide groups is 1. The fraction of sp³-hybridized carbons (Fsp3) is 0.467. The van der Waals surface area contributed by atoms with E-state index >= 15 is 0 Å². The number of rotatable bonds is 4. The first-order valence-electron chi connectivity index (χ1n) is 7.48.